The Bertz CT molecular complexity index is 1270. The second-order valence-electron chi connectivity index (χ2n) is 8.68. The number of benzene rings is 1. The second kappa shape index (κ2) is 9.05. The number of aryl methyl sites for hydroxylation is 2. The van der Waals surface area contributed by atoms with E-state index in [2.05, 4.69) is 54.1 Å². The first-order valence-electron chi connectivity index (χ1n) is 11.5. The average Bonchev–Trinajstić information content (AvgIpc) is 3.41. The van der Waals surface area contributed by atoms with Crippen LogP contribution >= 0.6 is 0 Å². The molecule has 0 spiro atoms. The van der Waals surface area contributed by atoms with Crippen LogP contribution in [-0.2, 0) is 11.3 Å². The summed E-state index contributed by atoms with van der Waals surface area (Å²) in [4.78, 5) is 23.9. The van der Waals surface area contributed by atoms with Gasteiger partial charge in [0.05, 0.1) is 17.8 Å². The van der Waals surface area contributed by atoms with E-state index in [0.717, 1.165) is 54.5 Å². The van der Waals surface area contributed by atoms with E-state index in [9.17, 15) is 4.79 Å². The Morgan fingerprint density at radius 1 is 1.06 bits per heavy atom. The first-order chi connectivity index (χ1) is 16.1. The van der Waals surface area contributed by atoms with E-state index in [1.54, 1.807) is 6.33 Å². The maximum Gasteiger partial charge on any atom is 0.223 e. The standard InChI is InChI=1S/C25H29N7O/c1-18-15-19(2)32(29-18)14-10-26-25(33)21-7-11-30(12-8-21)23-16-24(28-17-27-23)31-13-9-20-5-3-4-6-22(20)31/h3-6,9,13,15-17,21H,7-8,10-12,14H2,1-2H3,(H,26,33). The Morgan fingerprint density at radius 2 is 1.85 bits per heavy atom. The highest BCUT2D eigenvalue weighted by molar-refractivity contribution is 5.81. The molecule has 1 amide bonds. The molecule has 4 heterocycles. The van der Waals surface area contributed by atoms with Crippen molar-refractivity contribution < 1.29 is 4.79 Å². The highest BCUT2D eigenvalue weighted by Crippen LogP contribution is 2.24. The monoisotopic (exact) mass is 443 g/mol. The van der Waals surface area contributed by atoms with Crippen LogP contribution in [0.3, 0.4) is 0 Å². The number of carbonyl (C=O) groups is 1. The fourth-order valence-corrected chi connectivity index (χ4v) is 4.63. The van der Waals surface area contributed by atoms with Crippen molar-refractivity contribution in [3.8, 4) is 5.82 Å². The molecule has 3 aromatic heterocycles. The number of para-hydroxylation sites is 1. The molecule has 1 aliphatic heterocycles. The van der Waals surface area contributed by atoms with Crippen molar-refractivity contribution in [2.24, 2.45) is 5.92 Å². The first-order valence-corrected chi connectivity index (χ1v) is 11.5. The molecule has 33 heavy (non-hydrogen) atoms. The van der Waals surface area contributed by atoms with E-state index in [4.69, 9.17) is 0 Å². The van der Waals surface area contributed by atoms with Gasteiger partial charge in [0, 0.05) is 43.5 Å². The van der Waals surface area contributed by atoms with Crippen molar-refractivity contribution in [3.05, 3.63) is 66.4 Å². The molecule has 0 unspecified atom stereocenters. The van der Waals surface area contributed by atoms with Crippen molar-refractivity contribution in [1.29, 1.82) is 0 Å². The number of anilines is 1. The van der Waals surface area contributed by atoms with Crippen LogP contribution in [0.5, 0.6) is 0 Å². The fraction of sp³-hybridized carbons (Fsp3) is 0.360. The third-order valence-corrected chi connectivity index (χ3v) is 6.40. The minimum absolute atomic E-state index is 0.0383. The van der Waals surface area contributed by atoms with E-state index in [0.29, 0.717) is 13.1 Å². The lowest BCUT2D eigenvalue weighted by molar-refractivity contribution is -0.125. The largest absolute Gasteiger partial charge is 0.356 e. The zero-order valence-corrected chi connectivity index (χ0v) is 19.1. The average molecular weight is 444 g/mol. The number of hydrogen-bond donors (Lipinski definition) is 1. The smallest absolute Gasteiger partial charge is 0.223 e. The summed E-state index contributed by atoms with van der Waals surface area (Å²) in [6.07, 6.45) is 5.30. The second-order valence-corrected chi connectivity index (χ2v) is 8.68. The molecular weight excluding hydrogens is 414 g/mol. The number of piperidine rings is 1. The molecular formula is C25H29N7O. The molecule has 0 radical (unpaired) electrons. The van der Waals surface area contributed by atoms with E-state index in [-0.39, 0.29) is 11.8 Å². The lowest BCUT2D eigenvalue weighted by atomic mass is 9.96. The maximum atomic E-state index is 12.7. The summed E-state index contributed by atoms with van der Waals surface area (Å²) >= 11 is 0. The lowest BCUT2D eigenvalue weighted by Gasteiger charge is -2.32. The number of rotatable bonds is 6. The molecule has 5 rings (SSSR count). The third kappa shape index (κ3) is 4.46. The SMILES string of the molecule is Cc1cc(C)n(CCNC(=O)C2CCN(c3cc(-n4ccc5ccccc54)ncn3)CC2)n1. The zero-order valence-electron chi connectivity index (χ0n) is 19.1. The molecule has 0 saturated carbocycles. The molecule has 0 aliphatic carbocycles. The van der Waals surface area contributed by atoms with Gasteiger partial charge in [0.1, 0.15) is 18.0 Å². The minimum atomic E-state index is 0.0383. The molecule has 4 aromatic rings. The van der Waals surface area contributed by atoms with Crippen molar-refractivity contribution in [2.45, 2.75) is 33.2 Å². The van der Waals surface area contributed by atoms with Gasteiger partial charge in [-0.15, -0.1) is 0 Å². The van der Waals surface area contributed by atoms with E-state index in [1.165, 1.54) is 5.39 Å². The van der Waals surface area contributed by atoms with E-state index in [1.807, 2.05) is 42.9 Å². The van der Waals surface area contributed by atoms with E-state index < -0.39 is 0 Å². The van der Waals surface area contributed by atoms with Gasteiger partial charge in [0.25, 0.3) is 0 Å². The van der Waals surface area contributed by atoms with Gasteiger partial charge in [-0.2, -0.15) is 5.10 Å². The molecule has 1 fully saturated rings. The Morgan fingerprint density at radius 3 is 2.64 bits per heavy atom. The van der Waals surface area contributed by atoms with Gasteiger partial charge in [0.15, 0.2) is 0 Å². The van der Waals surface area contributed by atoms with Crippen molar-refractivity contribution in [1.82, 2.24) is 29.6 Å². The van der Waals surface area contributed by atoms with Crippen LogP contribution in [0.4, 0.5) is 5.82 Å². The highest BCUT2D eigenvalue weighted by Gasteiger charge is 2.25. The van der Waals surface area contributed by atoms with Gasteiger partial charge >= 0.3 is 0 Å². The molecule has 170 valence electrons. The van der Waals surface area contributed by atoms with Gasteiger partial charge in [-0.3, -0.25) is 9.48 Å². The zero-order chi connectivity index (χ0) is 22.8. The predicted molar refractivity (Wildman–Crippen MR) is 129 cm³/mol. The number of hydrogen-bond acceptors (Lipinski definition) is 5. The third-order valence-electron chi connectivity index (χ3n) is 6.40. The quantitative estimate of drug-likeness (QED) is 0.495. The van der Waals surface area contributed by atoms with Gasteiger partial charge in [-0.05, 0) is 50.3 Å². The molecule has 1 aromatic carbocycles. The number of aromatic nitrogens is 5. The van der Waals surface area contributed by atoms with Crippen LogP contribution in [-0.4, -0.2) is 49.9 Å². The summed E-state index contributed by atoms with van der Waals surface area (Å²) in [5.41, 5.74) is 3.24. The Labute approximate surface area is 193 Å². The summed E-state index contributed by atoms with van der Waals surface area (Å²) < 4.78 is 4.03. The number of nitrogens with zero attached hydrogens (tertiary/aromatic N) is 6. The number of amides is 1. The minimum Gasteiger partial charge on any atom is -0.356 e. The molecule has 8 heteroatoms. The van der Waals surface area contributed by atoms with Crippen molar-refractivity contribution in [3.63, 3.8) is 0 Å². The highest BCUT2D eigenvalue weighted by atomic mass is 16.1. The fourth-order valence-electron chi connectivity index (χ4n) is 4.63. The van der Waals surface area contributed by atoms with Crippen molar-refractivity contribution in [2.75, 3.05) is 24.5 Å². The number of nitrogens with one attached hydrogen (secondary N) is 1. The van der Waals surface area contributed by atoms with Crippen LogP contribution in [0.15, 0.2) is 55.0 Å². The lowest BCUT2D eigenvalue weighted by Crippen LogP contribution is -2.41. The topological polar surface area (TPSA) is 80.9 Å². The van der Waals surface area contributed by atoms with Gasteiger partial charge in [-0.1, -0.05) is 18.2 Å². The van der Waals surface area contributed by atoms with Crippen LogP contribution in [0.1, 0.15) is 24.2 Å². The Balaban J connectivity index is 1.18. The molecule has 1 saturated heterocycles. The Kier molecular flexibility index (Phi) is 5.81. The van der Waals surface area contributed by atoms with Gasteiger partial charge in [-0.25, -0.2) is 9.97 Å². The molecule has 0 atom stereocenters. The summed E-state index contributed by atoms with van der Waals surface area (Å²) in [5.74, 6) is 1.93. The van der Waals surface area contributed by atoms with Gasteiger partial charge < -0.3 is 14.8 Å². The van der Waals surface area contributed by atoms with Gasteiger partial charge in [0.2, 0.25) is 5.91 Å². The summed E-state index contributed by atoms with van der Waals surface area (Å²) in [6, 6.07) is 14.4. The Hall–Kier alpha value is -3.68. The normalized spacial score (nSPS) is 14.7. The molecule has 8 nitrogen and oxygen atoms in total. The summed E-state index contributed by atoms with van der Waals surface area (Å²) in [7, 11) is 0. The molecule has 1 aliphatic rings. The van der Waals surface area contributed by atoms with Crippen molar-refractivity contribution >= 4 is 22.6 Å². The first kappa shape index (κ1) is 21.2. The number of carbonyl (C=O) groups excluding carboxylic acids is 1. The predicted octanol–water partition coefficient (Wildman–Crippen LogP) is 3.27. The number of fused-ring (bicyclic) bond motifs is 1. The summed E-state index contributed by atoms with van der Waals surface area (Å²) in [5, 5.41) is 8.72. The van der Waals surface area contributed by atoms with E-state index >= 15 is 0 Å². The van der Waals surface area contributed by atoms with Crippen LogP contribution < -0.4 is 10.2 Å². The molecule has 1 N–H and O–H groups in total. The summed E-state index contributed by atoms with van der Waals surface area (Å²) in [6.45, 7) is 6.92. The van der Waals surface area contributed by atoms with Crippen LogP contribution in [0.2, 0.25) is 0 Å². The van der Waals surface area contributed by atoms with Crippen LogP contribution in [0, 0.1) is 19.8 Å². The van der Waals surface area contributed by atoms with Crippen LogP contribution in [0.25, 0.3) is 16.7 Å². The molecule has 0 bridgehead atoms. The maximum absolute atomic E-state index is 12.7.